The van der Waals surface area contributed by atoms with Gasteiger partial charge < -0.3 is 9.05 Å². The fraction of sp³-hybridized carbons (Fsp3) is 1.00. The van der Waals surface area contributed by atoms with E-state index in [9.17, 15) is 13.0 Å². The van der Waals surface area contributed by atoms with Gasteiger partial charge in [0.2, 0.25) is 0 Å². The number of rotatable bonds is 7. The first-order valence-electron chi connectivity index (χ1n) is 5.33. The van der Waals surface area contributed by atoms with Crippen LogP contribution in [0, 0.1) is 0 Å². The molecule has 0 bridgehead atoms. The number of hydrogen-bond donors (Lipinski definition) is 0. The van der Waals surface area contributed by atoms with E-state index in [1.165, 1.54) is 6.92 Å². The normalized spacial score (nSPS) is 15.4. The van der Waals surface area contributed by atoms with E-state index in [2.05, 4.69) is 0 Å². The molecule has 0 saturated carbocycles. The predicted octanol–water partition coefficient (Wildman–Crippen LogP) is 2.42. The fourth-order valence-corrected chi connectivity index (χ4v) is 5.72. The molecular weight excluding hydrogens is 251 g/mol. The number of hydrogen-bond acceptors (Lipinski definition) is 5. The van der Waals surface area contributed by atoms with Crippen LogP contribution in [0.2, 0.25) is 0 Å². The highest BCUT2D eigenvalue weighted by Gasteiger charge is 2.42. The molecule has 7 heteroatoms. The molecule has 0 rings (SSSR count). The first kappa shape index (κ1) is 16.1. The van der Waals surface area contributed by atoms with Crippen LogP contribution in [0.3, 0.4) is 0 Å². The maximum atomic E-state index is 12.2. The zero-order valence-electron chi connectivity index (χ0n) is 10.5. The molecule has 0 aromatic heterocycles. The third-order valence-corrected chi connectivity index (χ3v) is 8.24. The Morgan fingerprint density at radius 2 is 1.44 bits per heavy atom. The van der Waals surface area contributed by atoms with E-state index in [0.717, 1.165) is 0 Å². The van der Waals surface area contributed by atoms with Gasteiger partial charge in [0.1, 0.15) is 0 Å². The SMILES string of the molecule is CCOP(=O)(OCC)C(C)S(=O)(=O)C(C)C. The van der Waals surface area contributed by atoms with Crippen molar-refractivity contribution >= 4 is 17.4 Å². The Balaban J connectivity index is 5.18. The third kappa shape index (κ3) is 3.55. The summed E-state index contributed by atoms with van der Waals surface area (Å²) in [6.07, 6.45) is 0. The molecular formula is C9H21O5PS. The lowest BCUT2D eigenvalue weighted by molar-refractivity contribution is 0.218. The van der Waals surface area contributed by atoms with Gasteiger partial charge in [-0.15, -0.1) is 0 Å². The summed E-state index contributed by atoms with van der Waals surface area (Å²) >= 11 is 0. The van der Waals surface area contributed by atoms with Crippen LogP contribution in [0.5, 0.6) is 0 Å². The van der Waals surface area contributed by atoms with Gasteiger partial charge in [-0.05, 0) is 34.6 Å². The summed E-state index contributed by atoms with van der Waals surface area (Å²) in [5, 5.41) is -0.600. The van der Waals surface area contributed by atoms with E-state index in [0.29, 0.717) is 0 Å². The molecule has 1 atom stereocenters. The quantitative estimate of drug-likeness (QED) is 0.666. The summed E-state index contributed by atoms with van der Waals surface area (Å²) in [5.74, 6) is 0. The summed E-state index contributed by atoms with van der Waals surface area (Å²) in [5.41, 5.74) is 0. The molecule has 0 radical (unpaired) electrons. The molecule has 98 valence electrons. The van der Waals surface area contributed by atoms with Crippen LogP contribution in [0.1, 0.15) is 34.6 Å². The largest absolute Gasteiger partial charge is 0.348 e. The topological polar surface area (TPSA) is 69.7 Å². The second-order valence-electron chi connectivity index (χ2n) is 3.61. The van der Waals surface area contributed by atoms with Crippen LogP contribution < -0.4 is 0 Å². The van der Waals surface area contributed by atoms with Crippen molar-refractivity contribution in [2.75, 3.05) is 13.2 Å². The van der Waals surface area contributed by atoms with E-state index in [-0.39, 0.29) is 13.2 Å². The molecule has 16 heavy (non-hydrogen) atoms. The first-order valence-corrected chi connectivity index (χ1v) is 8.56. The Kier molecular flexibility index (Phi) is 6.18. The Hall–Kier alpha value is 0.100. The molecule has 0 heterocycles. The molecule has 0 spiro atoms. The van der Waals surface area contributed by atoms with Crippen molar-refractivity contribution in [3.8, 4) is 0 Å². The zero-order valence-corrected chi connectivity index (χ0v) is 12.2. The van der Waals surface area contributed by atoms with E-state index < -0.39 is 27.7 Å². The van der Waals surface area contributed by atoms with Crippen molar-refractivity contribution in [2.45, 2.75) is 44.9 Å². The molecule has 5 nitrogen and oxygen atoms in total. The molecule has 0 aliphatic carbocycles. The Morgan fingerprint density at radius 3 is 1.69 bits per heavy atom. The molecule has 0 aliphatic rings. The van der Waals surface area contributed by atoms with Crippen LogP contribution in [-0.2, 0) is 23.4 Å². The maximum Gasteiger partial charge on any atom is 0.348 e. The van der Waals surface area contributed by atoms with Gasteiger partial charge in [-0.2, -0.15) is 0 Å². The van der Waals surface area contributed by atoms with Crippen LogP contribution in [-0.4, -0.2) is 31.9 Å². The van der Waals surface area contributed by atoms with Crippen molar-refractivity contribution < 1.29 is 22.0 Å². The van der Waals surface area contributed by atoms with E-state index in [1.807, 2.05) is 0 Å². The highest BCUT2D eigenvalue weighted by Crippen LogP contribution is 2.55. The standard InChI is InChI=1S/C9H21O5PS/c1-6-13-15(10,14-7-2)9(5)16(11,12)8(3)4/h8-9H,6-7H2,1-5H3. The molecule has 0 amide bonds. The van der Waals surface area contributed by atoms with Crippen LogP contribution in [0.25, 0.3) is 0 Å². The summed E-state index contributed by atoms with van der Waals surface area (Å²) in [6.45, 7) is 8.11. The smallest absolute Gasteiger partial charge is 0.308 e. The van der Waals surface area contributed by atoms with Crippen molar-refractivity contribution in [1.29, 1.82) is 0 Å². The molecule has 1 unspecified atom stereocenters. The molecule has 0 aromatic rings. The van der Waals surface area contributed by atoms with Gasteiger partial charge in [0, 0.05) is 0 Å². The Bertz CT molecular complexity index is 339. The van der Waals surface area contributed by atoms with Crippen molar-refractivity contribution in [3.63, 3.8) is 0 Å². The lowest BCUT2D eigenvalue weighted by atomic mass is 10.6. The zero-order chi connectivity index (χ0) is 13.0. The second kappa shape index (κ2) is 6.15. The van der Waals surface area contributed by atoms with Crippen molar-refractivity contribution in [3.05, 3.63) is 0 Å². The van der Waals surface area contributed by atoms with E-state index in [1.54, 1.807) is 27.7 Å². The van der Waals surface area contributed by atoms with Gasteiger partial charge in [0.15, 0.2) is 14.8 Å². The minimum atomic E-state index is -3.57. The van der Waals surface area contributed by atoms with Gasteiger partial charge in [0.05, 0.1) is 18.5 Å². The summed E-state index contributed by atoms with van der Waals surface area (Å²) < 4.78 is 46.1. The van der Waals surface area contributed by atoms with Gasteiger partial charge in [-0.1, -0.05) is 0 Å². The van der Waals surface area contributed by atoms with Crippen LogP contribution >= 0.6 is 7.60 Å². The van der Waals surface area contributed by atoms with Crippen LogP contribution in [0.15, 0.2) is 0 Å². The molecule has 0 aromatic carbocycles. The minimum absolute atomic E-state index is 0.162. The molecule has 0 N–H and O–H groups in total. The highest BCUT2D eigenvalue weighted by atomic mass is 32.2. The van der Waals surface area contributed by atoms with Crippen molar-refractivity contribution in [1.82, 2.24) is 0 Å². The van der Waals surface area contributed by atoms with Gasteiger partial charge in [0.25, 0.3) is 0 Å². The fourth-order valence-electron chi connectivity index (χ4n) is 1.18. The molecule has 0 saturated heterocycles. The highest BCUT2D eigenvalue weighted by molar-refractivity contribution is 7.99. The van der Waals surface area contributed by atoms with Gasteiger partial charge in [-0.25, -0.2) is 8.42 Å². The monoisotopic (exact) mass is 272 g/mol. The lowest BCUT2D eigenvalue weighted by Gasteiger charge is -2.24. The predicted molar refractivity (Wildman–Crippen MR) is 64.4 cm³/mol. The molecule has 0 fully saturated rings. The van der Waals surface area contributed by atoms with E-state index >= 15 is 0 Å². The average Bonchev–Trinajstić information content (AvgIpc) is 2.17. The Labute approximate surface area is 98.0 Å². The second-order valence-corrected chi connectivity index (χ2v) is 9.16. The van der Waals surface area contributed by atoms with Crippen LogP contribution in [0.4, 0.5) is 0 Å². The summed E-state index contributed by atoms with van der Waals surface area (Å²) in [7, 11) is -7.07. The Morgan fingerprint density at radius 1 is 1.06 bits per heavy atom. The minimum Gasteiger partial charge on any atom is -0.308 e. The number of sulfone groups is 1. The summed E-state index contributed by atoms with van der Waals surface area (Å²) in [6, 6.07) is 0. The molecule has 0 aliphatic heterocycles. The maximum absolute atomic E-state index is 12.2. The first-order chi connectivity index (χ1) is 7.22. The average molecular weight is 272 g/mol. The third-order valence-electron chi connectivity index (χ3n) is 2.20. The summed E-state index contributed by atoms with van der Waals surface area (Å²) in [4.78, 5) is -1.13. The van der Waals surface area contributed by atoms with Crippen molar-refractivity contribution in [2.24, 2.45) is 0 Å². The van der Waals surface area contributed by atoms with Gasteiger partial charge in [-0.3, -0.25) is 4.57 Å². The van der Waals surface area contributed by atoms with E-state index in [4.69, 9.17) is 9.05 Å². The lowest BCUT2D eigenvalue weighted by Crippen LogP contribution is -2.27. The van der Waals surface area contributed by atoms with Gasteiger partial charge >= 0.3 is 7.60 Å².